The van der Waals surface area contributed by atoms with Crippen molar-refractivity contribution in [3.05, 3.63) is 59.9 Å². The van der Waals surface area contributed by atoms with E-state index in [1.165, 1.54) is 24.3 Å². The molecule has 2 heterocycles. The summed E-state index contributed by atoms with van der Waals surface area (Å²) in [5, 5.41) is 2.97. The van der Waals surface area contributed by atoms with Crippen LogP contribution in [0.3, 0.4) is 0 Å². The number of fused-ring (bicyclic) bond motifs is 1. The number of carbonyl (C=O) groups is 1. The van der Waals surface area contributed by atoms with Crippen LogP contribution in [0.1, 0.15) is 16.8 Å². The standard InChI is InChI=1S/C19H18FNO4/c20-12-5-7-13(8-6-12)25-16-4-2-1-3-14(16)19(22)21-15-11-24-17-9-10-23-18(15)17/h1-8,15,17-18H,9-11H2,(H,21,22)/t15-,17+,18+/m0/s1. The first-order valence-electron chi connectivity index (χ1n) is 8.27. The Labute approximate surface area is 144 Å². The predicted molar refractivity (Wildman–Crippen MR) is 88.3 cm³/mol. The average molecular weight is 343 g/mol. The number of carbonyl (C=O) groups excluding carboxylic acids is 1. The molecular weight excluding hydrogens is 325 g/mol. The van der Waals surface area contributed by atoms with Crippen molar-refractivity contribution in [1.82, 2.24) is 5.32 Å². The SMILES string of the molecule is O=C(N[C@H]1CO[C@@H]2CCO[C@H]12)c1ccccc1Oc1ccc(F)cc1. The highest BCUT2D eigenvalue weighted by atomic mass is 19.1. The van der Waals surface area contributed by atoms with Crippen LogP contribution in [0.4, 0.5) is 4.39 Å². The molecule has 130 valence electrons. The number of ether oxygens (including phenoxy) is 3. The molecule has 25 heavy (non-hydrogen) atoms. The minimum absolute atomic E-state index is 0.0657. The number of hydrogen-bond donors (Lipinski definition) is 1. The Balaban J connectivity index is 1.50. The van der Waals surface area contributed by atoms with Gasteiger partial charge in [-0.15, -0.1) is 0 Å². The van der Waals surface area contributed by atoms with Crippen molar-refractivity contribution in [3.63, 3.8) is 0 Å². The van der Waals surface area contributed by atoms with E-state index in [1.807, 2.05) is 0 Å². The Bertz CT molecular complexity index is 764. The second-order valence-corrected chi connectivity index (χ2v) is 6.13. The maximum absolute atomic E-state index is 13.0. The molecular formula is C19H18FNO4. The van der Waals surface area contributed by atoms with Crippen molar-refractivity contribution >= 4 is 5.91 Å². The molecule has 0 unspecified atom stereocenters. The van der Waals surface area contributed by atoms with E-state index in [9.17, 15) is 9.18 Å². The zero-order valence-electron chi connectivity index (χ0n) is 13.5. The van der Waals surface area contributed by atoms with Crippen LogP contribution >= 0.6 is 0 Å². The smallest absolute Gasteiger partial charge is 0.255 e. The lowest BCUT2D eigenvalue weighted by Gasteiger charge is -2.18. The molecule has 5 nitrogen and oxygen atoms in total. The quantitative estimate of drug-likeness (QED) is 0.927. The molecule has 3 atom stereocenters. The van der Waals surface area contributed by atoms with Gasteiger partial charge in [-0.1, -0.05) is 12.1 Å². The van der Waals surface area contributed by atoms with Gasteiger partial charge >= 0.3 is 0 Å². The van der Waals surface area contributed by atoms with E-state index in [0.29, 0.717) is 30.3 Å². The number of nitrogens with one attached hydrogen (secondary N) is 1. The summed E-state index contributed by atoms with van der Waals surface area (Å²) in [6.45, 7) is 1.11. The number of halogens is 1. The molecule has 0 radical (unpaired) electrons. The second kappa shape index (κ2) is 6.82. The van der Waals surface area contributed by atoms with Gasteiger partial charge in [-0.25, -0.2) is 4.39 Å². The predicted octanol–water partition coefficient (Wildman–Crippen LogP) is 2.90. The van der Waals surface area contributed by atoms with Gasteiger partial charge in [0, 0.05) is 6.61 Å². The van der Waals surface area contributed by atoms with E-state index >= 15 is 0 Å². The molecule has 2 aromatic rings. The van der Waals surface area contributed by atoms with Crippen LogP contribution in [0.2, 0.25) is 0 Å². The molecule has 2 aliphatic rings. The van der Waals surface area contributed by atoms with E-state index in [-0.39, 0.29) is 30.0 Å². The summed E-state index contributed by atoms with van der Waals surface area (Å²) < 4.78 is 30.1. The molecule has 6 heteroatoms. The van der Waals surface area contributed by atoms with Crippen LogP contribution in [0.25, 0.3) is 0 Å². The van der Waals surface area contributed by atoms with Crippen molar-refractivity contribution in [1.29, 1.82) is 0 Å². The molecule has 0 aliphatic carbocycles. The fraction of sp³-hybridized carbons (Fsp3) is 0.316. The first-order valence-corrected chi connectivity index (χ1v) is 8.27. The van der Waals surface area contributed by atoms with E-state index in [2.05, 4.69) is 5.32 Å². The summed E-state index contributed by atoms with van der Waals surface area (Å²) in [6, 6.07) is 12.4. The number of rotatable bonds is 4. The summed E-state index contributed by atoms with van der Waals surface area (Å²) in [5.74, 6) is 0.285. The van der Waals surface area contributed by atoms with Gasteiger partial charge in [0.15, 0.2) is 0 Å². The topological polar surface area (TPSA) is 56.8 Å². The van der Waals surface area contributed by atoms with Crippen LogP contribution in [0.5, 0.6) is 11.5 Å². The molecule has 2 aliphatic heterocycles. The van der Waals surface area contributed by atoms with Crippen LogP contribution in [-0.2, 0) is 9.47 Å². The van der Waals surface area contributed by atoms with Crippen molar-refractivity contribution in [2.75, 3.05) is 13.2 Å². The molecule has 0 spiro atoms. The first kappa shape index (κ1) is 16.1. The van der Waals surface area contributed by atoms with Gasteiger partial charge in [0.1, 0.15) is 23.4 Å². The molecule has 2 saturated heterocycles. The lowest BCUT2D eigenvalue weighted by atomic mass is 10.1. The Morgan fingerprint density at radius 2 is 1.92 bits per heavy atom. The minimum atomic E-state index is -0.342. The van der Waals surface area contributed by atoms with E-state index in [4.69, 9.17) is 14.2 Å². The highest BCUT2D eigenvalue weighted by molar-refractivity contribution is 5.97. The Hall–Kier alpha value is -2.44. The molecule has 4 rings (SSSR count). The number of para-hydroxylation sites is 1. The van der Waals surface area contributed by atoms with Crippen LogP contribution < -0.4 is 10.1 Å². The van der Waals surface area contributed by atoms with Gasteiger partial charge in [-0.3, -0.25) is 4.79 Å². The molecule has 2 aromatic carbocycles. The third-order valence-corrected chi connectivity index (χ3v) is 4.46. The van der Waals surface area contributed by atoms with E-state index < -0.39 is 0 Å². The minimum Gasteiger partial charge on any atom is -0.457 e. The van der Waals surface area contributed by atoms with Gasteiger partial charge in [0.2, 0.25) is 0 Å². The largest absolute Gasteiger partial charge is 0.457 e. The molecule has 0 bridgehead atoms. The van der Waals surface area contributed by atoms with Crippen molar-refractivity contribution < 1.29 is 23.4 Å². The Kier molecular flexibility index (Phi) is 4.38. The fourth-order valence-electron chi connectivity index (χ4n) is 3.21. The molecule has 0 aromatic heterocycles. The summed E-state index contributed by atoms with van der Waals surface area (Å²) >= 11 is 0. The third kappa shape index (κ3) is 3.36. The third-order valence-electron chi connectivity index (χ3n) is 4.46. The summed E-state index contributed by atoms with van der Waals surface area (Å²) in [6.07, 6.45) is 0.839. The average Bonchev–Trinajstić information content (AvgIpc) is 3.22. The van der Waals surface area contributed by atoms with E-state index in [1.54, 1.807) is 24.3 Å². The lowest BCUT2D eigenvalue weighted by Crippen LogP contribution is -2.43. The van der Waals surface area contributed by atoms with Gasteiger partial charge in [0.05, 0.1) is 24.3 Å². The van der Waals surface area contributed by atoms with Crippen molar-refractivity contribution in [3.8, 4) is 11.5 Å². The second-order valence-electron chi connectivity index (χ2n) is 6.13. The number of benzene rings is 2. The van der Waals surface area contributed by atoms with Crippen LogP contribution in [0.15, 0.2) is 48.5 Å². The summed E-state index contributed by atoms with van der Waals surface area (Å²) in [4.78, 5) is 12.7. The molecule has 1 N–H and O–H groups in total. The summed E-state index contributed by atoms with van der Waals surface area (Å²) in [7, 11) is 0. The molecule has 0 saturated carbocycles. The maximum Gasteiger partial charge on any atom is 0.255 e. The Morgan fingerprint density at radius 3 is 2.76 bits per heavy atom. The van der Waals surface area contributed by atoms with E-state index in [0.717, 1.165) is 6.42 Å². The maximum atomic E-state index is 13.0. The fourth-order valence-corrected chi connectivity index (χ4v) is 3.21. The lowest BCUT2D eigenvalue weighted by molar-refractivity contribution is 0.0655. The van der Waals surface area contributed by atoms with Gasteiger partial charge < -0.3 is 19.5 Å². The van der Waals surface area contributed by atoms with Gasteiger partial charge in [-0.2, -0.15) is 0 Å². The zero-order chi connectivity index (χ0) is 17.2. The van der Waals surface area contributed by atoms with Crippen molar-refractivity contribution in [2.45, 2.75) is 24.7 Å². The van der Waals surface area contributed by atoms with Crippen LogP contribution in [-0.4, -0.2) is 37.4 Å². The van der Waals surface area contributed by atoms with Crippen molar-refractivity contribution in [2.24, 2.45) is 0 Å². The highest BCUT2D eigenvalue weighted by Crippen LogP contribution is 2.28. The first-order chi connectivity index (χ1) is 12.2. The molecule has 2 fully saturated rings. The van der Waals surface area contributed by atoms with Gasteiger partial charge in [-0.05, 0) is 42.8 Å². The summed E-state index contributed by atoms with van der Waals surface area (Å²) in [5.41, 5.74) is 0.410. The highest BCUT2D eigenvalue weighted by Gasteiger charge is 2.42. The Morgan fingerprint density at radius 1 is 1.12 bits per heavy atom. The van der Waals surface area contributed by atoms with Crippen LogP contribution in [0, 0.1) is 5.82 Å². The normalized spacial score (nSPS) is 24.8. The van der Waals surface area contributed by atoms with Gasteiger partial charge in [0.25, 0.3) is 5.91 Å². The monoisotopic (exact) mass is 343 g/mol. The number of amides is 1. The zero-order valence-corrected chi connectivity index (χ0v) is 13.5. The molecule has 1 amide bonds. The number of hydrogen-bond acceptors (Lipinski definition) is 4.